The van der Waals surface area contributed by atoms with Gasteiger partial charge in [-0.25, -0.2) is 0 Å². The lowest BCUT2D eigenvalue weighted by Crippen LogP contribution is -2.46. The average molecular weight is 603 g/mol. The van der Waals surface area contributed by atoms with Gasteiger partial charge in [0.2, 0.25) is 17.7 Å². The molecule has 0 radical (unpaired) electrons. The van der Waals surface area contributed by atoms with E-state index in [-0.39, 0.29) is 29.6 Å². The summed E-state index contributed by atoms with van der Waals surface area (Å²) in [5.41, 5.74) is 3.84. The predicted octanol–water partition coefficient (Wildman–Crippen LogP) is 7.19. The zero-order chi connectivity index (χ0) is 28.4. The van der Waals surface area contributed by atoms with E-state index < -0.39 is 6.04 Å². The van der Waals surface area contributed by atoms with Crippen molar-refractivity contribution in [3.63, 3.8) is 0 Å². The Morgan fingerprint density at radius 3 is 2.33 bits per heavy atom. The number of furan rings is 1. The summed E-state index contributed by atoms with van der Waals surface area (Å²) in [5, 5.41) is 6.61. The van der Waals surface area contributed by atoms with Gasteiger partial charge >= 0.3 is 0 Å². The normalized spacial score (nSPS) is 15.8. The van der Waals surface area contributed by atoms with Crippen molar-refractivity contribution >= 4 is 56.0 Å². The lowest BCUT2D eigenvalue weighted by Gasteiger charge is -2.30. The summed E-state index contributed by atoms with van der Waals surface area (Å²) in [6.07, 6.45) is 1.42. The van der Waals surface area contributed by atoms with Gasteiger partial charge in [0.05, 0.1) is 10.4 Å². The van der Waals surface area contributed by atoms with E-state index in [0.717, 1.165) is 27.4 Å². The molecule has 2 atom stereocenters. The number of hydrogen-bond donors (Lipinski definition) is 2. The van der Waals surface area contributed by atoms with E-state index in [0.29, 0.717) is 35.7 Å². The highest BCUT2D eigenvalue weighted by Gasteiger charge is 2.38. The van der Waals surface area contributed by atoms with Crippen molar-refractivity contribution in [3.05, 3.63) is 82.8 Å². The van der Waals surface area contributed by atoms with Crippen molar-refractivity contribution < 1.29 is 18.8 Å². The molecule has 2 heterocycles. The number of likely N-dealkylation sites (tertiary alicyclic amines) is 1. The summed E-state index contributed by atoms with van der Waals surface area (Å²) < 4.78 is 6.87. The first-order valence-corrected chi connectivity index (χ1v) is 14.3. The molecule has 1 aliphatic heterocycles. The van der Waals surface area contributed by atoms with Gasteiger partial charge in [-0.1, -0.05) is 44.2 Å². The Balaban J connectivity index is 1.34. The van der Waals surface area contributed by atoms with E-state index in [9.17, 15) is 14.4 Å². The van der Waals surface area contributed by atoms with Gasteiger partial charge in [0.25, 0.3) is 0 Å². The first-order valence-electron chi connectivity index (χ1n) is 13.5. The molecule has 1 saturated heterocycles. The van der Waals surface area contributed by atoms with Crippen molar-refractivity contribution in [3.8, 4) is 11.3 Å². The number of carbonyl (C=O) groups excluding carboxylic acids is 3. The second kappa shape index (κ2) is 11.7. The lowest BCUT2D eigenvalue weighted by atomic mass is 9.87. The Morgan fingerprint density at radius 2 is 1.65 bits per heavy atom. The molecule has 5 rings (SSSR count). The molecule has 3 amide bonds. The molecule has 0 aliphatic carbocycles. The number of nitrogens with zero attached hydrogens (tertiary/aromatic N) is 1. The number of anilines is 2. The summed E-state index contributed by atoms with van der Waals surface area (Å²) in [5.74, 6) is 0.152. The molecule has 206 valence electrons. The molecule has 2 N–H and O–H groups in total. The smallest absolute Gasteiger partial charge is 0.247 e. The number of fused-ring (bicyclic) bond motifs is 1. The van der Waals surface area contributed by atoms with Crippen LogP contribution >= 0.6 is 15.9 Å². The maximum Gasteiger partial charge on any atom is 0.247 e. The van der Waals surface area contributed by atoms with Crippen LogP contribution in [0.4, 0.5) is 11.4 Å². The highest BCUT2D eigenvalue weighted by Crippen LogP contribution is 2.39. The molecule has 4 aromatic rings. The molecule has 1 fully saturated rings. The van der Waals surface area contributed by atoms with E-state index in [2.05, 4.69) is 26.6 Å². The van der Waals surface area contributed by atoms with Crippen molar-refractivity contribution in [1.29, 1.82) is 0 Å². The largest absolute Gasteiger partial charge is 0.455 e. The maximum atomic E-state index is 13.7. The third kappa shape index (κ3) is 5.68. The minimum Gasteiger partial charge on any atom is -0.455 e. The predicted molar refractivity (Wildman–Crippen MR) is 161 cm³/mol. The van der Waals surface area contributed by atoms with E-state index >= 15 is 0 Å². The molecular weight excluding hydrogens is 570 g/mol. The lowest BCUT2D eigenvalue weighted by molar-refractivity contribution is -0.138. The van der Waals surface area contributed by atoms with E-state index in [1.165, 1.54) is 6.92 Å². The minimum absolute atomic E-state index is 0.000967. The number of hydrogen-bond acceptors (Lipinski definition) is 4. The van der Waals surface area contributed by atoms with E-state index in [4.69, 9.17) is 4.42 Å². The first kappa shape index (κ1) is 27.6. The van der Waals surface area contributed by atoms with Gasteiger partial charge in [-0.3, -0.25) is 14.4 Å². The topological polar surface area (TPSA) is 91.7 Å². The maximum absolute atomic E-state index is 13.7. The molecule has 1 aliphatic rings. The summed E-state index contributed by atoms with van der Waals surface area (Å²) in [4.78, 5) is 40.2. The van der Waals surface area contributed by atoms with E-state index in [1.54, 1.807) is 4.90 Å². The number of nitrogens with one attached hydrogen (secondary N) is 2. The molecule has 1 unspecified atom stereocenters. The highest BCUT2D eigenvalue weighted by molar-refractivity contribution is 9.10. The molecular formula is C32H32BrN3O4. The van der Waals surface area contributed by atoms with Gasteiger partial charge in [-0.15, -0.1) is 0 Å². The van der Waals surface area contributed by atoms with Gasteiger partial charge in [0, 0.05) is 35.8 Å². The molecule has 7 nitrogen and oxygen atoms in total. The molecule has 8 heteroatoms. The molecule has 3 aromatic carbocycles. The Hall–Kier alpha value is -3.91. The van der Waals surface area contributed by atoms with Crippen LogP contribution in [0.2, 0.25) is 0 Å². The second-order valence-corrected chi connectivity index (χ2v) is 11.3. The fourth-order valence-electron chi connectivity index (χ4n) is 5.42. The Bertz CT molecular complexity index is 1550. The molecule has 0 spiro atoms. The zero-order valence-electron chi connectivity index (χ0n) is 22.7. The van der Waals surface area contributed by atoms with Crippen LogP contribution in [0.5, 0.6) is 0 Å². The SMILES string of the molecule is CC(=O)Nc1ccc(-c2oc3ccc(NC(=O)[C@@H]4CCCN4C(=O)C(c4ccccc4)C(C)C)cc3c2Br)cc1. The van der Waals surface area contributed by atoms with Gasteiger partial charge in [-0.05, 0) is 82.7 Å². The fourth-order valence-corrected chi connectivity index (χ4v) is 6.04. The first-order chi connectivity index (χ1) is 19.2. The van der Waals surface area contributed by atoms with Crippen LogP contribution in [0.15, 0.2) is 81.7 Å². The van der Waals surface area contributed by atoms with Crippen molar-refractivity contribution in [2.24, 2.45) is 5.92 Å². The number of benzene rings is 3. The second-order valence-electron chi connectivity index (χ2n) is 10.5. The monoisotopic (exact) mass is 601 g/mol. The number of halogens is 1. The van der Waals surface area contributed by atoms with Gasteiger partial charge in [-0.2, -0.15) is 0 Å². The van der Waals surface area contributed by atoms with Crippen molar-refractivity contribution in [1.82, 2.24) is 4.90 Å². The number of rotatable bonds is 7. The fraction of sp³-hybridized carbons (Fsp3) is 0.281. The molecule has 1 aromatic heterocycles. The van der Waals surface area contributed by atoms with Crippen LogP contribution < -0.4 is 10.6 Å². The quantitative estimate of drug-likeness (QED) is 0.234. The highest BCUT2D eigenvalue weighted by atomic mass is 79.9. The van der Waals surface area contributed by atoms with Crippen LogP contribution in [0.25, 0.3) is 22.3 Å². The third-order valence-corrected chi connectivity index (χ3v) is 8.08. The summed E-state index contributed by atoms with van der Waals surface area (Å²) in [7, 11) is 0. The van der Waals surface area contributed by atoms with Crippen LogP contribution in [-0.4, -0.2) is 35.2 Å². The molecule has 0 bridgehead atoms. The van der Waals surface area contributed by atoms with Gasteiger partial charge in [0.1, 0.15) is 17.4 Å². The average Bonchev–Trinajstić information content (AvgIpc) is 3.55. The van der Waals surface area contributed by atoms with Crippen molar-refractivity contribution in [2.75, 3.05) is 17.2 Å². The van der Waals surface area contributed by atoms with Crippen LogP contribution in [0.3, 0.4) is 0 Å². The molecule has 0 saturated carbocycles. The van der Waals surface area contributed by atoms with Gasteiger partial charge < -0.3 is 20.0 Å². The van der Waals surface area contributed by atoms with Crippen LogP contribution in [0.1, 0.15) is 45.1 Å². The summed E-state index contributed by atoms with van der Waals surface area (Å²) in [6, 6.07) is 22.2. The van der Waals surface area contributed by atoms with E-state index in [1.807, 2.05) is 86.6 Å². The Morgan fingerprint density at radius 1 is 0.950 bits per heavy atom. The summed E-state index contributed by atoms with van der Waals surface area (Å²) in [6.45, 7) is 6.13. The van der Waals surface area contributed by atoms with Crippen molar-refractivity contribution in [2.45, 2.75) is 45.6 Å². The van der Waals surface area contributed by atoms with Gasteiger partial charge in [0.15, 0.2) is 0 Å². The Labute approximate surface area is 242 Å². The van der Waals surface area contributed by atoms with Crippen LogP contribution in [-0.2, 0) is 14.4 Å². The number of carbonyl (C=O) groups is 3. The Kier molecular flexibility index (Phi) is 8.07. The zero-order valence-corrected chi connectivity index (χ0v) is 24.3. The number of amides is 3. The van der Waals surface area contributed by atoms with Crippen LogP contribution in [0, 0.1) is 5.92 Å². The minimum atomic E-state index is -0.515. The molecule has 40 heavy (non-hydrogen) atoms. The summed E-state index contributed by atoms with van der Waals surface area (Å²) >= 11 is 3.67. The third-order valence-electron chi connectivity index (χ3n) is 7.29. The standard InChI is InChI=1S/C32H32BrN3O4/c1-19(2)28(21-8-5-4-6-9-21)32(39)36-17-7-10-26(36)31(38)35-24-15-16-27-25(18-24)29(33)30(40-27)22-11-13-23(14-12-22)34-20(3)37/h4-6,8-9,11-16,18-19,26,28H,7,10,17H2,1-3H3,(H,34,37)(H,35,38)/t26-,28?/m0/s1.